The van der Waals surface area contributed by atoms with Gasteiger partial charge in [0.1, 0.15) is 0 Å². The lowest BCUT2D eigenvalue weighted by atomic mass is 9.97. The summed E-state index contributed by atoms with van der Waals surface area (Å²) in [6.07, 6.45) is 0. The van der Waals surface area contributed by atoms with Gasteiger partial charge in [-0.05, 0) is 116 Å². The number of benzene rings is 9. The molecule has 2 heteroatoms. The van der Waals surface area contributed by atoms with E-state index in [0.29, 0.717) is 0 Å². The maximum absolute atomic E-state index is 2.35. The normalized spacial score (nSPS) is 11.5. The second kappa shape index (κ2) is 12.7. The van der Waals surface area contributed by atoms with E-state index in [-0.39, 0.29) is 0 Å². The van der Waals surface area contributed by atoms with Gasteiger partial charge in [-0.1, -0.05) is 140 Å². The quantitative estimate of drug-likeness (QED) is 0.169. The molecule has 0 bridgehead atoms. The number of fused-ring (bicyclic) bond motifs is 5. The van der Waals surface area contributed by atoms with E-state index >= 15 is 0 Å². The van der Waals surface area contributed by atoms with Gasteiger partial charge in [0.25, 0.3) is 0 Å². The summed E-state index contributed by atoms with van der Waals surface area (Å²) in [5.74, 6) is 0. The third-order valence-electron chi connectivity index (χ3n) is 10.2. The zero-order chi connectivity index (χ0) is 34.4. The number of nitrogens with zero attached hydrogens (tertiary/aromatic N) is 1. The lowest BCUT2D eigenvalue weighted by molar-refractivity contribution is 1.29. The Hall–Kier alpha value is -6.48. The van der Waals surface area contributed by atoms with Crippen LogP contribution in [0.15, 0.2) is 200 Å². The summed E-state index contributed by atoms with van der Waals surface area (Å²) in [5.41, 5.74) is 10.8. The average molecular weight is 680 g/mol. The molecule has 0 aliphatic heterocycles. The summed E-state index contributed by atoms with van der Waals surface area (Å²) >= 11 is 1.86. The van der Waals surface area contributed by atoms with E-state index in [4.69, 9.17) is 0 Å². The summed E-state index contributed by atoms with van der Waals surface area (Å²) in [7, 11) is 0. The lowest BCUT2D eigenvalue weighted by Crippen LogP contribution is -2.09. The maximum atomic E-state index is 2.35. The molecule has 1 heterocycles. The van der Waals surface area contributed by atoms with E-state index in [1.807, 2.05) is 11.3 Å². The molecule has 0 unspecified atom stereocenters. The van der Waals surface area contributed by atoms with Crippen LogP contribution in [-0.4, -0.2) is 0 Å². The van der Waals surface area contributed by atoms with Gasteiger partial charge in [-0.3, -0.25) is 0 Å². The van der Waals surface area contributed by atoms with E-state index in [1.54, 1.807) is 0 Å². The molecule has 0 N–H and O–H groups in total. The van der Waals surface area contributed by atoms with Crippen molar-refractivity contribution >= 4 is 70.1 Å². The highest BCUT2D eigenvalue weighted by atomic mass is 32.1. The van der Waals surface area contributed by atoms with Crippen LogP contribution in [0.25, 0.3) is 75.1 Å². The van der Waals surface area contributed by atoms with Crippen molar-refractivity contribution in [1.82, 2.24) is 0 Å². The molecule has 0 spiro atoms. The number of para-hydroxylation sites is 1. The van der Waals surface area contributed by atoms with Crippen molar-refractivity contribution in [2.24, 2.45) is 0 Å². The minimum atomic E-state index is 1.12. The van der Waals surface area contributed by atoms with Crippen molar-refractivity contribution in [3.05, 3.63) is 200 Å². The first-order valence-corrected chi connectivity index (χ1v) is 18.6. The zero-order valence-electron chi connectivity index (χ0n) is 28.4. The molecular weight excluding hydrogens is 647 g/mol. The van der Waals surface area contributed by atoms with Crippen molar-refractivity contribution < 1.29 is 0 Å². The van der Waals surface area contributed by atoms with Crippen LogP contribution < -0.4 is 4.90 Å². The molecule has 244 valence electrons. The van der Waals surface area contributed by atoms with Gasteiger partial charge < -0.3 is 4.90 Å². The number of hydrogen-bond acceptors (Lipinski definition) is 2. The molecule has 1 aromatic heterocycles. The molecular formula is C50H33NS. The molecule has 0 aliphatic carbocycles. The van der Waals surface area contributed by atoms with Crippen molar-refractivity contribution in [2.75, 3.05) is 4.90 Å². The van der Waals surface area contributed by atoms with Crippen molar-refractivity contribution in [3.63, 3.8) is 0 Å². The van der Waals surface area contributed by atoms with Gasteiger partial charge in [0.05, 0.1) is 0 Å². The van der Waals surface area contributed by atoms with Crippen molar-refractivity contribution in [1.29, 1.82) is 0 Å². The minimum absolute atomic E-state index is 1.12. The highest BCUT2D eigenvalue weighted by molar-refractivity contribution is 7.25. The Bertz CT molecular complexity index is 2890. The predicted molar refractivity (Wildman–Crippen MR) is 225 cm³/mol. The number of hydrogen-bond donors (Lipinski definition) is 0. The standard InChI is InChI=1S/C50H33NS/c1-2-11-43(12-3-1)51(44-28-25-37(26-29-44)46-14-8-16-49-50(46)47-13-6-7-15-48(47)52-49)45-30-27-41-32-40(23-24-42(41)33-45)36-19-17-35(18-20-36)39-22-21-34-9-4-5-10-38(34)31-39/h1-33H. The van der Waals surface area contributed by atoms with Crippen molar-refractivity contribution in [2.45, 2.75) is 0 Å². The molecule has 9 aromatic carbocycles. The number of thiophene rings is 1. The van der Waals surface area contributed by atoms with Crippen LogP contribution in [0.1, 0.15) is 0 Å². The van der Waals surface area contributed by atoms with Gasteiger partial charge >= 0.3 is 0 Å². The average Bonchev–Trinajstić information content (AvgIpc) is 3.60. The second-order valence-electron chi connectivity index (χ2n) is 13.4. The van der Waals surface area contributed by atoms with E-state index in [2.05, 4.69) is 205 Å². The van der Waals surface area contributed by atoms with Gasteiger partial charge in [0.15, 0.2) is 0 Å². The summed E-state index contributed by atoms with van der Waals surface area (Å²) in [5, 5.41) is 7.63. The zero-order valence-corrected chi connectivity index (χ0v) is 29.2. The fourth-order valence-electron chi connectivity index (χ4n) is 7.61. The number of anilines is 3. The Balaban J connectivity index is 0.974. The van der Waals surface area contributed by atoms with Gasteiger partial charge in [0, 0.05) is 37.2 Å². The van der Waals surface area contributed by atoms with E-state index in [9.17, 15) is 0 Å². The van der Waals surface area contributed by atoms with Crippen molar-refractivity contribution in [3.8, 4) is 33.4 Å². The lowest BCUT2D eigenvalue weighted by Gasteiger charge is -2.26. The third kappa shape index (κ3) is 5.42. The maximum Gasteiger partial charge on any atom is 0.0468 e. The largest absolute Gasteiger partial charge is 0.310 e. The van der Waals surface area contributed by atoms with Crippen LogP contribution in [0, 0.1) is 0 Å². The van der Waals surface area contributed by atoms with Gasteiger partial charge in [0.2, 0.25) is 0 Å². The molecule has 0 radical (unpaired) electrons. The molecule has 0 aliphatic rings. The van der Waals surface area contributed by atoms with Crippen LogP contribution in [0.5, 0.6) is 0 Å². The Morgan fingerprint density at radius 2 is 0.827 bits per heavy atom. The van der Waals surface area contributed by atoms with Crippen LogP contribution in [0.2, 0.25) is 0 Å². The van der Waals surface area contributed by atoms with Gasteiger partial charge in [-0.25, -0.2) is 0 Å². The summed E-state index contributed by atoms with van der Waals surface area (Å²) in [6, 6.07) is 72.9. The molecule has 1 nitrogen and oxygen atoms in total. The molecule has 0 fully saturated rings. The summed E-state index contributed by atoms with van der Waals surface area (Å²) in [6.45, 7) is 0. The van der Waals surface area contributed by atoms with E-state index < -0.39 is 0 Å². The SMILES string of the molecule is c1ccc(N(c2ccc(-c3cccc4sc5ccccc5c34)cc2)c2ccc3cc(-c4ccc(-c5ccc6ccccc6c5)cc4)ccc3c2)cc1. The second-order valence-corrected chi connectivity index (χ2v) is 14.5. The smallest absolute Gasteiger partial charge is 0.0468 e. The Kier molecular flexibility index (Phi) is 7.41. The predicted octanol–water partition coefficient (Wildman–Crippen LogP) is 14.8. The third-order valence-corrected chi connectivity index (χ3v) is 11.4. The first-order valence-electron chi connectivity index (χ1n) is 17.7. The molecule has 0 saturated heterocycles. The fraction of sp³-hybridized carbons (Fsp3) is 0. The minimum Gasteiger partial charge on any atom is -0.310 e. The fourth-order valence-corrected chi connectivity index (χ4v) is 8.74. The Morgan fingerprint density at radius 1 is 0.308 bits per heavy atom. The van der Waals surface area contributed by atoms with E-state index in [1.165, 1.54) is 75.1 Å². The highest BCUT2D eigenvalue weighted by Gasteiger charge is 2.15. The number of rotatable bonds is 6. The molecule has 10 aromatic rings. The molecule has 10 rings (SSSR count). The summed E-state index contributed by atoms with van der Waals surface area (Å²) in [4.78, 5) is 2.35. The molecule has 0 amide bonds. The Labute approximate surface area is 307 Å². The molecule has 52 heavy (non-hydrogen) atoms. The highest BCUT2D eigenvalue weighted by Crippen LogP contribution is 2.42. The molecule has 0 saturated carbocycles. The Morgan fingerprint density at radius 3 is 1.60 bits per heavy atom. The van der Waals surface area contributed by atoms with Crippen LogP contribution in [-0.2, 0) is 0 Å². The van der Waals surface area contributed by atoms with Gasteiger partial charge in [-0.2, -0.15) is 0 Å². The topological polar surface area (TPSA) is 3.24 Å². The summed E-state index contributed by atoms with van der Waals surface area (Å²) < 4.78 is 2.65. The van der Waals surface area contributed by atoms with Crippen LogP contribution in [0.3, 0.4) is 0 Å². The monoisotopic (exact) mass is 679 g/mol. The van der Waals surface area contributed by atoms with E-state index in [0.717, 1.165) is 17.1 Å². The first-order chi connectivity index (χ1) is 25.7. The molecule has 0 atom stereocenters. The van der Waals surface area contributed by atoms with Crippen LogP contribution in [0.4, 0.5) is 17.1 Å². The van der Waals surface area contributed by atoms with Crippen LogP contribution >= 0.6 is 11.3 Å². The first kappa shape index (κ1) is 30.4. The van der Waals surface area contributed by atoms with Gasteiger partial charge in [-0.15, -0.1) is 11.3 Å².